The zero-order valence-electron chi connectivity index (χ0n) is 34.9. The van der Waals surface area contributed by atoms with Crippen molar-refractivity contribution >= 4 is 45.9 Å². The van der Waals surface area contributed by atoms with Gasteiger partial charge < -0.3 is 40.4 Å². The number of benzene rings is 5. The molecule has 3 amide bonds. The summed E-state index contributed by atoms with van der Waals surface area (Å²) in [6.07, 6.45) is 0.786. The molecule has 13 nitrogen and oxygen atoms in total. The van der Waals surface area contributed by atoms with Crippen LogP contribution < -0.4 is 26.4 Å². The highest BCUT2D eigenvalue weighted by atomic mass is 16.6. The smallest absolute Gasteiger partial charge is 0.411 e. The van der Waals surface area contributed by atoms with Crippen LogP contribution in [0.15, 0.2) is 126 Å². The molecule has 5 aromatic carbocycles. The van der Waals surface area contributed by atoms with Crippen LogP contribution in [0.2, 0.25) is 0 Å². The minimum Gasteiger partial charge on any atom is -0.506 e. The summed E-state index contributed by atoms with van der Waals surface area (Å²) in [4.78, 5) is 57.7. The molecule has 1 atom stereocenters. The Morgan fingerprint density at radius 1 is 0.887 bits per heavy atom. The van der Waals surface area contributed by atoms with Gasteiger partial charge in [-0.3, -0.25) is 19.7 Å². The number of H-pyrrole nitrogens is 1. The van der Waals surface area contributed by atoms with Crippen LogP contribution in [0.1, 0.15) is 52.4 Å². The zero-order valence-corrected chi connectivity index (χ0v) is 34.9. The fourth-order valence-electron chi connectivity index (χ4n) is 7.76. The van der Waals surface area contributed by atoms with Gasteiger partial charge in [0.2, 0.25) is 11.5 Å². The minimum atomic E-state index is -0.851. The van der Waals surface area contributed by atoms with Crippen molar-refractivity contribution in [3.8, 4) is 16.9 Å². The maximum absolute atomic E-state index is 13.4. The molecule has 0 spiro atoms. The first kappa shape index (κ1) is 43.3. The average molecular weight is 837 g/mol. The van der Waals surface area contributed by atoms with Gasteiger partial charge in [0.15, 0.2) is 0 Å². The number of amides is 3. The first-order valence-corrected chi connectivity index (χ1v) is 20.9. The molecule has 2 heterocycles. The fraction of sp³-hybridized carbons (Fsp3) is 0.265. The number of piperidine rings is 1. The Balaban J connectivity index is 0.831. The van der Waals surface area contributed by atoms with E-state index in [1.807, 2.05) is 91.9 Å². The first-order chi connectivity index (χ1) is 30.0. The van der Waals surface area contributed by atoms with Gasteiger partial charge in [-0.25, -0.2) is 4.79 Å². The maximum atomic E-state index is 13.4. The molecule has 320 valence electrons. The second-order valence-electron chi connectivity index (χ2n) is 15.6. The Kier molecular flexibility index (Phi) is 14.1. The Labute approximate surface area is 360 Å². The van der Waals surface area contributed by atoms with E-state index >= 15 is 0 Å². The van der Waals surface area contributed by atoms with Gasteiger partial charge in [0.05, 0.1) is 17.3 Å². The Hall–Kier alpha value is -6.80. The van der Waals surface area contributed by atoms with E-state index in [1.54, 1.807) is 36.2 Å². The third kappa shape index (κ3) is 10.9. The number of aryl methyl sites for hydroxylation is 1. The number of ether oxygens (including phenoxy) is 1. The highest BCUT2D eigenvalue weighted by Crippen LogP contribution is 2.30. The summed E-state index contributed by atoms with van der Waals surface area (Å²) in [6, 6.07) is 36.5. The molecule has 13 heteroatoms. The van der Waals surface area contributed by atoms with Crippen LogP contribution in [0.3, 0.4) is 0 Å². The average Bonchev–Trinajstić information content (AvgIpc) is 3.28. The second-order valence-corrected chi connectivity index (χ2v) is 15.6. The van der Waals surface area contributed by atoms with Gasteiger partial charge in [0.1, 0.15) is 11.9 Å². The summed E-state index contributed by atoms with van der Waals surface area (Å²) >= 11 is 0. The Morgan fingerprint density at radius 3 is 2.40 bits per heavy atom. The lowest BCUT2D eigenvalue weighted by Gasteiger charge is -2.32. The van der Waals surface area contributed by atoms with E-state index < -0.39 is 12.2 Å². The lowest BCUT2D eigenvalue weighted by molar-refractivity contribution is -0.118. The molecule has 0 radical (unpaired) electrons. The number of hydrogen-bond acceptors (Lipinski definition) is 9. The number of fused-ring (bicyclic) bond motifs is 1. The lowest BCUT2D eigenvalue weighted by Crippen LogP contribution is -2.40. The normalized spacial score (nSPS) is 13.7. The van der Waals surface area contributed by atoms with Crippen LogP contribution in [-0.2, 0) is 16.0 Å². The predicted molar refractivity (Wildman–Crippen MR) is 243 cm³/mol. The highest BCUT2D eigenvalue weighted by Gasteiger charge is 2.24. The van der Waals surface area contributed by atoms with Crippen molar-refractivity contribution < 1.29 is 29.3 Å². The number of aromatic amines is 1. The Bertz CT molecular complexity index is 2570. The van der Waals surface area contributed by atoms with Gasteiger partial charge in [0.25, 0.3) is 5.91 Å². The van der Waals surface area contributed by atoms with Crippen LogP contribution >= 0.6 is 0 Å². The summed E-state index contributed by atoms with van der Waals surface area (Å²) in [5.41, 5.74) is 6.82. The van der Waals surface area contributed by atoms with Crippen molar-refractivity contribution in [1.29, 1.82) is 0 Å². The number of para-hydroxylation sites is 1. The van der Waals surface area contributed by atoms with E-state index in [0.717, 1.165) is 22.3 Å². The molecule has 0 saturated carbocycles. The van der Waals surface area contributed by atoms with E-state index in [-0.39, 0.29) is 35.8 Å². The van der Waals surface area contributed by atoms with Gasteiger partial charge in [0, 0.05) is 73.6 Å². The molecule has 1 fully saturated rings. The third-order valence-electron chi connectivity index (χ3n) is 11.3. The van der Waals surface area contributed by atoms with E-state index in [9.17, 15) is 29.4 Å². The summed E-state index contributed by atoms with van der Waals surface area (Å²) < 4.78 is 5.79. The largest absolute Gasteiger partial charge is 0.506 e. The van der Waals surface area contributed by atoms with E-state index in [4.69, 9.17) is 4.74 Å². The number of aromatic nitrogens is 1. The molecule has 0 unspecified atom stereocenters. The number of nitrogens with zero attached hydrogens (tertiary/aromatic N) is 2. The molecule has 1 saturated heterocycles. The number of likely N-dealkylation sites (tertiary alicyclic amines) is 1. The van der Waals surface area contributed by atoms with Crippen molar-refractivity contribution in [2.75, 3.05) is 55.3 Å². The van der Waals surface area contributed by atoms with Crippen LogP contribution in [0.4, 0.5) is 21.9 Å². The standard InChI is InChI=1S/C49H52N6O7/c1-32-12-15-35(48(60)51-36-16-13-33(14-17-36)22-26-50-31-44(57)39-18-20-43(56)47-40(39)19-21-45(58)53-47)30-42(32)54(2)46(59)25-29-55-27-23-37(24-28-55)62-49(61)52-41-11-7-6-10-38(41)34-8-4-3-5-9-34/h3-21,30,37,44,50,56-57H,22-29,31H2,1-2H3,(H,51,60)(H,52,61)(H,53,58)/t44-/m1/s1. The van der Waals surface area contributed by atoms with E-state index in [1.165, 1.54) is 12.1 Å². The zero-order chi connectivity index (χ0) is 43.6. The van der Waals surface area contributed by atoms with Gasteiger partial charge in [-0.15, -0.1) is 0 Å². The predicted octanol–water partition coefficient (Wildman–Crippen LogP) is 7.39. The SMILES string of the molecule is Cc1ccc(C(=O)Nc2ccc(CCNC[C@@H](O)c3ccc(O)c4[nH]c(=O)ccc34)cc2)cc1N(C)C(=O)CCN1CCC(OC(=O)Nc2ccccc2-c2ccccc2)CC1. The number of rotatable bonds is 15. The van der Waals surface area contributed by atoms with Gasteiger partial charge in [-0.1, -0.05) is 72.8 Å². The van der Waals surface area contributed by atoms with Crippen molar-refractivity contribution in [3.05, 3.63) is 154 Å². The number of phenols is 1. The number of aliphatic hydroxyl groups is 1. The fourth-order valence-corrected chi connectivity index (χ4v) is 7.76. The molecule has 1 aliphatic heterocycles. The molecule has 0 aliphatic carbocycles. The first-order valence-electron chi connectivity index (χ1n) is 20.9. The number of hydrogen-bond donors (Lipinski definition) is 6. The quantitative estimate of drug-likeness (QED) is 0.0576. The second kappa shape index (κ2) is 20.2. The molecular formula is C49H52N6O7. The number of carbonyl (C=O) groups is 3. The summed E-state index contributed by atoms with van der Waals surface area (Å²) in [6.45, 7) is 4.76. The number of carbonyl (C=O) groups excluding carboxylic acids is 3. The highest BCUT2D eigenvalue weighted by molar-refractivity contribution is 6.06. The number of pyridine rings is 1. The molecule has 1 aromatic heterocycles. The van der Waals surface area contributed by atoms with Gasteiger partial charge in [-0.05, 0) is 97.4 Å². The van der Waals surface area contributed by atoms with Gasteiger partial charge >= 0.3 is 6.09 Å². The summed E-state index contributed by atoms with van der Waals surface area (Å²) in [5.74, 6) is -0.411. The van der Waals surface area contributed by atoms with E-state index in [2.05, 4.69) is 25.8 Å². The maximum Gasteiger partial charge on any atom is 0.411 e. The molecular weight excluding hydrogens is 785 g/mol. The monoisotopic (exact) mass is 836 g/mol. The number of anilines is 3. The van der Waals surface area contributed by atoms with Crippen molar-refractivity contribution in [1.82, 2.24) is 15.2 Å². The van der Waals surface area contributed by atoms with E-state index in [0.29, 0.717) is 91.0 Å². The lowest BCUT2D eigenvalue weighted by atomic mass is 10.0. The molecule has 7 rings (SSSR count). The van der Waals surface area contributed by atoms with Crippen molar-refractivity contribution in [2.24, 2.45) is 0 Å². The van der Waals surface area contributed by atoms with Gasteiger partial charge in [-0.2, -0.15) is 0 Å². The van der Waals surface area contributed by atoms with Crippen LogP contribution in [0.5, 0.6) is 5.75 Å². The van der Waals surface area contributed by atoms with Crippen molar-refractivity contribution in [2.45, 2.75) is 44.8 Å². The number of nitrogens with one attached hydrogen (secondary N) is 4. The number of aliphatic hydroxyl groups excluding tert-OH is 1. The summed E-state index contributed by atoms with van der Waals surface area (Å²) in [7, 11) is 1.73. The molecule has 62 heavy (non-hydrogen) atoms. The summed E-state index contributed by atoms with van der Waals surface area (Å²) in [5, 5.41) is 30.7. The molecule has 1 aliphatic rings. The Morgan fingerprint density at radius 2 is 1.63 bits per heavy atom. The number of aromatic hydroxyl groups is 1. The number of phenolic OH excluding ortho intramolecular Hbond substituents is 1. The van der Waals surface area contributed by atoms with Crippen LogP contribution in [-0.4, -0.2) is 83.9 Å². The molecule has 6 aromatic rings. The van der Waals surface area contributed by atoms with Crippen LogP contribution in [0.25, 0.3) is 22.0 Å². The molecule has 6 N–H and O–H groups in total. The van der Waals surface area contributed by atoms with Crippen LogP contribution in [0, 0.1) is 6.92 Å². The third-order valence-corrected chi connectivity index (χ3v) is 11.3. The topological polar surface area (TPSA) is 176 Å². The molecule has 0 bridgehead atoms. The van der Waals surface area contributed by atoms with Crippen molar-refractivity contribution in [3.63, 3.8) is 0 Å². The minimum absolute atomic E-state index is 0.0560.